The minimum Gasteiger partial charge on any atom is -0.208 e. The van der Waals surface area contributed by atoms with E-state index in [2.05, 4.69) is 164 Å². The topological polar surface area (TPSA) is 38.7 Å². The second-order valence-electron chi connectivity index (χ2n) is 19.3. The van der Waals surface area contributed by atoms with Gasteiger partial charge in [-0.1, -0.05) is 196 Å². The van der Waals surface area contributed by atoms with E-state index in [0.29, 0.717) is 17.5 Å². The first-order valence-corrected chi connectivity index (χ1v) is 24.3. The summed E-state index contributed by atoms with van der Waals surface area (Å²) in [5.74, 6) is 1.97. The molecule has 0 unspecified atom stereocenters. The van der Waals surface area contributed by atoms with Crippen molar-refractivity contribution in [1.29, 1.82) is 0 Å². The lowest BCUT2D eigenvalue weighted by atomic mass is 9.66. The molecule has 9 aromatic rings. The second-order valence-corrected chi connectivity index (χ2v) is 19.3. The van der Waals surface area contributed by atoms with Crippen LogP contribution in [0.2, 0.25) is 0 Å². The molecule has 2 saturated carbocycles. The molecule has 0 radical (unpaired) electrons. The molecule has 8 aromatic carbocycles. The average Bonchev–Trinajstić information content (AvgIpc) is 3.80. The van der Waals surface area contributed by atoms with Crippen LogP contribution < -0.4 is 0 Å². The van der Waals surface area contributed by atoms with Gasteiger partial charge in [-0.05, 0) is 134 Å². The fraction of sp³-hybridized carbons (Fsp3) is 0.190. The monoisotopic (exact) mass is 849 g/mol. The third kappa shape index (κ3) is 6.35. The van der Waals surface area contributed by atoms with Crippen molar-refractivity contribution in [1.82, 2.24) is 15.0 Å². The van der Waals surface area contributed by atoms with Gasteiger partial charge in [0.1, 0.15) is 0 Å². The highest BCUT2D eigenvalue weighted by Crippen LogP contribution is 2.62. The van der Waals surface area contributed by atoms with Gasteiger partial charge in [0.25, 0.3) is 0 Å². The van der Waals surface area contributed by atoms with Gasteiger partial charge in [0, 0.05) is 27.5 Å². The molecular formula is C63H51N3. The zero-order valence-corrected chi connectivity index (χ0v) is 37.3. The van der Waals surface area contributed by atoms with E-state index in [1.54, 1.807) is 22.3 Å². The molecule has 1 aromatic heterocycles. The van der Waals surface area contributed by atoms with Crippen LogP contribution in [0.15, 0.2) is 188 Å². The standard InChI is InChI=1S/C63H51N3/c1-5-17-42(18-6-1)43-27-29-45(30-28-43)60-64-59(44-19-7-2-8-20-44)65-61(66-60)50-24-16-23-48(38-50)46-21-15-22-47(37-46)49-31-32-52-54-41-57-53(40-58(54)63(56(52)39-49)35-13-4-14-36-63)51-25-9-10-26-55(51)62(57)33-11-3-12-34-62/h1-2,5-10,15-32,37-41H,3-4,11-14,33-36H2. The molecule has 0 aliphatic heterocycles. The first-order valence-electron chi connectivity index (χ1n) is 24.3. The summed E-state index contributed by atoms with van der Waals surface area (Å²) < 4.78 is 0. The first kappa shape index (κ1) is 39.2. The van der Waals surface area contributed by atoms with Crippen molar-refractivity contribution < 1.29 is 0 Å². The van der Waals surface area contributed by atoms with Crippen molar-refractivity contribution in [3.8, 4) is 89.8 Å². The van der Waals surface area contributed by atoms with E-state index >= 15 is 0 Å². The Morgan fingerprint density at radius 2 is 0.621 bits per heavy atom. The largest absolute Gasteiger partial charge is 0.208 e. The Balaban J connectivity index is 0.867. The third-order valence-corrected chi connectivity index (χ3v) is 15.7. The van der Waals surface area contributed by atoms with Gasteiger partial charge in [0.2, 0.25) is 0 Å². The number of aromatic nitrogens is 3. The minimum absolute atomic E-state index is 0.0586. The molecule has 2 spiro atoms. The van der Waals surface area contributed by atoms with Crippen LogP contribution >= 0.6 is 0 Å². The molecule has 4 aliphatic rings. The number of hydrogen-bond donors (Lipinski definition) is 0. The molecule has 0 atom stereocenters. The van der Waals surface area contributed by atoms with Crippen LogP contribution in [0.5, 0.6) is 0 Å². The van der Waals surface area contributed by atoms with Gasteiger partial charge in [-0.15, -0.1) is 0 Å². The zero-order chi connectivity index (χ0) is 43.7. The van der Waals surface area contributed by atoms with E-state index in [1.807, 2.05) is 24.3 Å². The number of fused-ring (bicyclic) bond motifs is 10. The maximum Gasteiger partial charge on any atom is 0.164 e. The fourth-order valence-corrected chi connectivity index (χ4v) is 12.5. The third-order valence-electron chi connectivity index (χ3n) is 15.7. The maximum absolute atomic E-state index is 5.13. The molecule has 3 nitrogen and oxygen atoms in total. The van der Waals surface area contributed by atoms with Crippen molar-refractivity contribution in [3.63, 3.8) is 0 Å². The van der Waals surface area contributed by atoms with Crippen molar-refractivity contribution in [2.75, 3.05) is 0 Å². The van der Waals surface area contributed by atoms with Crippen LogP contribution in [0.4, 0.5) is 0 Å². The van der Waals surface area contributed by atoms with Crippen LogP contribution in [-0.2, 0) is 10.8 Å². The highest BCUT2D eigenvalue weighted by molar-refractivity contribution is 5.91. The molecule has 13 rings (SSSR count). The van der Waals surface area contributed by atoms with Gasteiger partial charge in [-0.3, -0.25) is 0 Å². The van der Waals surface area contributed by atoms with Gasteiger partial charge in [0.15, 0.2) is 17.5 Å². The van der Waals surface area contributed by atoms with Gasteiger partial charge in [-0.2, -0.15) is 0 Å². The van der Waals surface area contributed by atoms with Crippen molar-refractivity contribution in [2.45, 2.75) is 75.0 Å². The Labute approximate surface area is 388 Å². The molecule has 0 amide bonds. The molecule has 0 bridgehead atoms. The molecule has 3 heteroatoms. The predicted molar refractivity (Wildman–Crippen MR) is 271 cm³/mol. The van der Waals surface area contributed by atoms with E-state index in [9.17, 15) is 0 Å². The maximum atomic E-state index is 5.13. The zero-order valence-electron chi connectivity index (χ0n) is 37.3. The van der Waals surface area contributed by atoms with Gasteiger partial charge in [0.05, 0.1) is 0 Å². The Morgan fingerprint density at radius 3 is 1.23 bits per heavy atom. The minimum atomic E-state index is 0.0586. The molecule has 0 N–H and O–H groups in total. The lowest BCUT2D eigenvalue weighted by Gasteiger charge is -2.37. The predicted octanol–water partition coefficient (Wildman–Crippen LogP) is 16.3. The van der Waals surface area contributed by atoms with E-state index in [4.69, 9.17) is 15.0 Å². The summed E-state index contributed by atoms with van der Waals surface area (Å²) in [7, 11) is 0. The number of benzene rings is 8. The summed E-state index contributed by atoms with van der Waals surface area (Å²) in [6.45, 7) is 0. The lowest BCUT2D eigenvalue weighted by molar-refractivity contribution is 0.350. The van der Waals surface area contributed by atoms with E-state index in [-0.39, 0.29) is 10.8 Å². The summed E-state index contributed by atoms with van der Waals surface area (Å²) in [4.78, 5) is 15.2. The fourth-order valence-electron chi connectivity index (χ4n) is 12.5. The van der Waals surface area contributed by atoms with Crippen LogP contribution in [-0.4, -0.2) is 15.0 Å². The van der Waals surface area contributed by atoms with E-state index < -0.39 is 0 Å². The van der Waals surface area contributed by atoms with Crippen LogP contribution in [0.25, 0.3) is 89.8 Å². The second kappa shape index (κ2) is 15.7. The van der Waals surface area contributed by atoms with Crippen molar-refractivity contribution in [2.24, 2.45) is 0 Å². The van der Waals surface area contributed by atoms with Gasteiger partial charge < -0.3 is 0 Å². The van der Waals surface area contributed by atoms with Crippen LogP contribution in [0.1, 0.15) is 86.5 Å². The molecule has 318 valence electrons. The highest BCUT2D eigenvalue weighted by atomic mass is 15.0. The van der Waals surface area contributed by atoms with Gasteiger partial charge >= 0.3 is 0 Å². The van der Waals surface area contributed by atoms with Crippen LogP contribution in [0, 0.1) is 0 Å². The summed E-state index contributed by atoms with van der Waals surface area (Å²) in [6, 6.07) is 69.2. The number of rotatable bonds is 6. The Bertz CT molecular complexity index is 3300. The van der Waals surface area contributed by atoms with E-state index in [1.165, 1.54) is 109 Å². The normalized spacial score (nSPS) is 16.1. The Hall–Kier alpha value is -7.23. The van der Waals surface area contributed by atoms with Crippen LogP contribution in [0.3, 0.4) is 0 Å². The summed E-state index contributed by atoms with van der Waals surface area (Å²) in [5.41, 5.74) is 22.6. The molecule has 1 heterocycles. The lowest BCUT2D eigenvalue weighted by Crippen LogP contribution is -2.29. The summed E-state index contributed by atoms with van der Waals surface area (Å²) >= 11 is 0. The highest BCUT2D eigenvalue weighted by Gasteiger charge is 2.49. The molecule has 66 heavy (non-hydrogen) atoms. The molecular weight excluding hydrogens is 799 g/mol. The molecule has 2 fully saturated rings. The summed E-state index contributed by atoms with van der Waals surface area (Å²) in [6.07, 6.45) is 12.8. The van der Waals surface area contributed by atoms with E-state index in [0.717, 1.165) is 27.8 Å². The van der Waals surface area contributed by atoms with Crippen molar-refractivity contribution in [3.05, 3.63) is 210 Å². The quantitative estimate of drug-likeness (QED) is 0.167. The first-order chi connectivity index (χ1) is 32.6. The molecule has 4 aliphatic carbocycles. The Morgan fingerprint density at radius 1 is 0.242 bits per heavy atom. The van der Waals surface area contributed by atoms with Crippen molar-refractivity contribution >= 4 is 0 Å². The number of hydrogen-bond acceptors (Lipinski definition) is 3. The smallest absolute Gasteiger partial charge is 0.164 e. The SMILES string of the molecule is c1ccc(-c2ccc(-c3nc(-c4ccccc4)nc(-c4cccc(-c5cccc(-c6ccc7c(c6)C6(CCCCC6)c6cc8c(cc6-7)C6(CCCCC6)c6ccccc6-8)c5)c4)n3)cc2)cc1. The van der Waals surface area contributed by atoms with Gasteiger partial charge in [-0.25, -0.2) is 15.0 Å². The Kier molecular flexibility index (Phi) is 9.34. The average molecular weight is 850 g/mol. The summed E-state index contributed by atoms with van der Waals surface area (Å²) in [5, 5.41) is 0. The molecule has 0 saturated heterocycles. The number of nitrogens with zero attached hydrogens (tertiary/aromatic N) is 3.